The molecule has 0 radical (unpaired) electrons. The predicted octanol–water partition coefficient (Wildman–Crippen LogP) is 0.576. The highest BCUT2D eigenvalue weighted by molar-refractivity contribution is 5.44. The van der Waals surface area contributed by atoms with E-state index in [1.54, 1.807) is 0 Å². The van der Waals surface area contributed by atoms with Crippen molar-refractivity contribution in [3.8, 4) is 0 Å². The lowest BCUT2D eigenvalue weighted by Gasteiger charge is -1.20. The van der Waals surface area contributed by atoms with E-state index >= 15 is 0 Å². The Morgan fingerprint density at radius 3 is 2.00 bits per heavy atom. The summed E-state index contributed by atoms with van der Waals surface area (Å²) in [6.07, 6.45) is 0. The van der Waals surface area contributed by atoms with Crippen molar-refractivity contribution >= 4 is 5.87 Å². The highest BCUT2D eigenvalue weighted by Crippen LogP contribution is 1.16. The van der Waals surface area contributed by atoms with Crippen LogP contribution in [0.25, 0.3) is 0 Å². The molecule has 0 spiro atoms. The second kappa shape index (κ2) is 2.23. The average molecular weight is 53.1 g/mol. The Kier molecular flexibility index (Phi) is 1.80. The third-order valence-electron chi connectivity index (χ3n) is 0.0884. The van der Waals surface area contributed by atoms with E-state index in [-0.39, 0.29) is 0 Å². The van der Waals surface area contributed by atoms with Crippen molar-refractivity contribution in [1.29, 1.82) is 5.41 Å². The molecule has 0 unspecified atom stereocenters. The highest BCUT2D eigenvalue weighted by Gasteiger charge is 1.10. The molecule has 1 nitrogen and oxygen atoms in total. The van der Waals surface area contributed by atoms with Crippen LogP contribution in [0.15, 0.2) is 12.3 Å². The molecule has 0 saturated heterocycles. The van der Waals surface area contributed by atoms with Gasteiger partial charge in [-0.15, -0.1) is 0 Å². The Balaban J connectivity index is 3.95. The monoisotopic (exact) mass is 53.0 g/mol. The average Bonchev–Trinajstić information content (AvgIpc) is 1.37. The van der Waals surface area contributed by atoms with Gasteiger partial charge in [0.1, 0.15) is 0 Å². The summed E-state index contributed by atoms with van der Waals surface area (Å²) in [6.45, 7) is 3.06. The van der Waals surface area contributed by atoms with Gasteiger partial charge >= 0.3 is 0 Å². The molecular formula is C3H3N. The van der Waals surface area contributed by atoms with E-state index in [9.17, 15) is 0 Å². The standard InChI is InChI=1S/C3H3N/c1-2-3-4/h4H,1H2. The lowest BCUT2D eigenvalue weighted by molar-refractivity contribution is 1.60. The van der Waals surface area contributed by atoms with Crippen molar-refractivity contribution in [3.63, 3.8) is 0 Å². The number of rotatable bonds is 0. The summed E-state index contributed by atoms with van der Waals surface area (Å²) < 4.78 is 0. The minimum absolute atomic E-state index is 1.82. The molecule has 0 aliphatic heterocycles. The molecule has 0 aliphatic rings. The fourth-order valence-electron chi connectivity index (χ4n) is 0. The van der Waals surface area contributed by atoms with Gasteiger partial charge in [0.15, 0.2) is 0 Å². The van der Waals surface area contributed by atoms with Crippen LogP contribution in [-0.2, 0) is 0 Å². The molecule has 0 heterocycles. The summed E-state index contributed by atoms with van der Waals surface area (Å²) in [5.74, 6) is 1.82. The number of hydrogen-bond donors (Lipinski definition) is 1. The molecule has 1 N–H and O–H groups in total. The zero-order valence-corrected chi connectivity index (χ0v) is 2.21. The van der Waals surface area contributed by atoms with Gasteiger partial charge < -0.3 is 0 Å². The van der Waals surface area contributed by atoms with Crippen molar-refractivity contribution in [2.45, 2.75) is 0 Å². The van der Waals surface area contributed by atoms with Crippen LogP contribution in [-0.4, -0.2) is 5.87 Å². The van der Waals surface area contributed by atoms with Gasteiger partial charge in [0.25, 0.3) is 0 Å². The summed E-state index contributed by atoms with van der Waals surface area (Å²) in [5, 5.41) is 6.03. The van der Waals surface area contributed by atoms with Crippen molar-refractivity contribution in [2.75, 3.05) is 0 Å². The van der Waals surface area contributed by atoms with Crippen LogP contribution in [0.2, 0.25) is 0 Å². The zero-order chi connectivity index (χ0) is 3.41. The van der Waals surface area contributed by atoms with Crippen LogP contribution >= 0.6 is 0 Å². The molecule has 0 saturated carbocycles. The van der Waals surface area contributed by atoms with Crippen molar-refractivity contribution in [2.24, 2.45) is 0 Å². The lowest BCUT2D eigenvalue weighted by atomic mass is 11.0. The molecule has 0 aromatic rings. The maximum absolute atomic E-state index is 6.03. The molecule has 0 aromatic heterocycles. The first-order valence-electron chi connectivity index (χ1n) is 0.854. The highest BCUT2D eigenvalue weighted by atomic mass is 14.3. The van der Waals surface area contributed by atoms with Gasteiger partial charge in [-0.1, -0.05) is 5.73 Å². The zero-order valence-electron chi connectivity index (χ0n) is 2.21. The van der Waals surface area contributed by atoms with Crippen LogP contribution in [0.3, 0.4) is 0 Å². The predicted molar refractivity (Wildman–Crippen MR) is 16.9 cm³/mol. The Morgan fingerprint density at radius 1 is 1.75 bits per heavy atom. The molecule has 1 heteroatoms. The fourth-order valence-corrected chi connectivity index (χ4v) is 0. The number of hydrogen-bond acceptors (Lipinski definition) is 1. The maximum Gasteiger partial charge on any atom is 0.0297 e. The maximum atomic E-state index is 6.03. The summed E-state index contributed by atoms with van der Waals surface area (Å²) in [6, 6.07) is 0. The van der Waals surface area contributed by atoms with Gasteiger partial charge in [0.2, 0.25) is 0 Å². The van der Waals surface area contributed by atoms with Crippen molar-refractivity contribution < 1.29 is 0 Å². The van der Waals surface area contributed by atoms with E-state index in [4.69, 9.17) is 5.41 Å². The molecule has 0 fully saturated rings. The van der Waals surface area contributed by atoms with Gasteiger partial charge in [-0.2, -0.15) is 0 Å². The normalized spacial score (nSPS) is 3.00. The van der Waals surface area contributed by atoms with Crippen LogP contribution < -0.4 is 0 Å². The third kappa shape index (κ3) is 1.23. The molecule has 0 atom stereocenters. The van der Waals surface area contributed by atoms with Gasteiger partial charge in [-0.25, -0.2) is 0 Å². The van der Waals surface area contributed by atoms with Crippen LogP contribution in [0, 0.1) is 5.41 Å². The summed E-state index contributed by atoms with van der Waals surface area (Å²) in [7, 11) is 0. The third-order valence-corrected chi connectivity index (χ3v) is 0.0884. The Hall–Kier alpha value is -0.770. The van der Waals surface area contributed by atoms with E-state index in [0.717, 1.165) is 0 Å². The molecule has 0 amide bonds. The minimum Gasteiger partial charge on any atom is -0.251 e. The first-order chi connectivity index (χ1) is 1.91. The van der Waals surface area contributed by atoms with E-state index in [2.05, 4.69) is 12.3 Å². The number of nitrogens with one attached hydrogen (secondary N) is 1. The Labute approximate surface area is 24.8 Å². The van der Waals surface area contributed by atoms with E-state index < -0.39 is 0 Å². The molecule has 4 heavy (non-hydrogen) atoms. The Bertz CT molecular complexity index is 53.4. The topological polar surface area (TPSA) is 23.9 Å². The van der Waals surface area contributed by atoms with Gasteiger partial charge in [-0.05, 0) is 6.58 Å². The second-order valence-corrected chi connectivity index (χ2v) is 0.302. The van der Waals surface area contributed by atoms with Gasteiger partial charge in [-0.3, -0.25) is 5.41 Å². The molecule has 0 aromatic carbocycles. The second-order valence-electron chi connectivity index (χ2n) is 0.302. The van der Waals surface area contributed by atoms with Crippen molar-refractivity contribution in [1.82, 2.24) is 0 Å². The molecule has 0 aliphatic carbocycles. The van der Waals surface area contributed by atoms with Crippen LogP contribution in [0.4, 0.5) is 0 Å². The fraction of sp³-hybridized carbons (Fsp3) is 0. The summed E-state index contributed by atoms with van der Waals surface area (Å²) in [4.78, 5) is 0. The summed E-state index contributed by atoms with van der Waals surface area (Å²) in [5.41, 5.74) is 2.10. The van der Waals surface area contributed by atoms with E-state index in [1.807, 2.05) is 5.87 Å². The van der Waals surface area contributed by atoms with Gasteiger partial charge in [0, 0.05) is 5.87 Å². The molecule has 0 bridgehead atoms. The first kappa shape index (κ1) is 3.23. The summed E-state index contributed by atoms with van der Waals surface area (Å²) >= 11 is 0. The SMILES string of the molecule is C=C=C=N. The van der Waals surface area contributed by atoms with Crippen LogP contribution in [0.5, 0.6) is 0 Å². The van der Waals surface area contributed by atoms with Crippen molar-refractivity contribution in [3.05, 3.63) is 12.3 Å². The molecule has 20 valence electrons. The Morgan fingerprint density at radius 2 is 2.00 bits per heavy atom. The van der Waals surface area contributed by atoms with Gasteiger partial charge in [0.05, 0.1) is 0 Å². The smallest absolute Gasteiger partial charge is 0.0297 e. The van der Waals surface area contributed by atoms with E-state index in [1.165, 1.54) is 0 Å². The minimum atomic E-state index is 1.82. The quantitative estimate of drug-likeness (QED) is 0.308. The molecule has 0 rings (SSSR count). The molecular weight excluding hydrogens is 50.0 g/mol. The lowest BCUT2D eigenvalue weighted by Crippen LogP contribution is -1.19. The largest absolute Gasteiger partial charge is 0.251 e. The first-order valence-corrected chi connectivity index (χ1v) is 0.854. The van der Waals surface area contributed by atoms with Crippen LogP contribution in [0.1, 0.15) is 0 Å². The van der Waals surface area contributed by atoms with E-state index in [0.29, 0.717) is 0 Å².